The molecule has 6 aliphatic rings. The van der Waals surface area contributed by atoms with Crippen LogP contribution in [0.1, 0.15) is 175 Å². The molecule has 4 saturated heterocycles. The summed E-state index contributed by atoms with van der Waals surface area (Å²) in [4.78, 5) is 145. The quantitative estimate of drug-likeness (QED) is 0.00724. The van der Waals surface area contributed by atoms with Crippen LogP contribution in [0.4, 0.5) is 0 Å². The van der Waals surface area contributed by atoms with Crippen molar-refractivity contribution in [3.8, 4) is 5.75 Å². The zero-order chi connectivity index (χ0) is 101. The van der Waals surface area contributed by atoms with E-state index < -0.39 is 233 Å². The fourth-order valence-corrected chi connectivity index (χ4v) is 16.7. The molecule has 4 heterocycles. The van der Waals surface area contributed by atoms with Gasteiger partial charge in [0.05, 0.1) is 123 Å². The van der Waals surface area contributed by atoms with Crippen LogP contribution < -0.4 is 42.0 Å². The third kappa shape index (κ3) is 37.1. The average Bonchev–Trinajstić information content (AvgIpc) is 0.783. The zero-order valence-corrected chi connectivity index (χ0v) is 78.2. The minimum absolute atomic E-state index is 0.00917. The summed E-state index contributed by atoms with van der Waals surface area (Å²) >= 11 is 0. The number of aliphatic hydroxyl groups excluding tert-OH is 14. The number of nitrogens with zero attached hydrogens (tertiary/aromatic N) is 3. The lowest BCUT2D eigenvalue weighted by Crippen LogP contribution is -2.61. The van der Waals surface area contributed by atoms with Gasteiger partial charge in [0, 0.05) is 94.0 Å². The number of methoxy groups -OCH3 is 4. The van der Waals surface area contributed by atoms with Crippen LogP contribution in [0.3, 0.4) is 0 Å². The van der Waals surface area contributed by atoms with Gasteiger partial charge in [0.15, 0.2) is 25.2 Å². The lowest BCUT2D eigenvalue weighted by atomic mass is 9.76. The molecule has 1 aromatic rings. The first-order valence-corrected chi connectivity index (χ1v) is 47.0. The number of carbonyl (C=O) groups is 11. The van der Waals surface area contributed by atoms with Crippen molar-refractivity contribution in [2.24, 2.45) is 28.8 Å². The smallest absolute Gasteiger partial charge is 0.309 e. The molecule has 0 radical (unpaired) electrons. The minimum atomic E-state index is -1.85. The fraction of sp³-hybridized carbons (Fsp3) is 0.807. The van der Waals surface area contributed by atoms with Crippen molar-refractivity contribution in [3.63, 3.8) is 0 Å². The third-order valence-corrected chi connectivity index (χ3v) is 24.7. The van der Waals surface area contributed by atoms with Gasteiger partial charge in [-0.3, -0.25) is 52.7 Å². The summed E-state index contributed by atoms with van der Waals surface area (Å²) in [6.07, 6.45) is -29.8. The number of carbonyl (C=O) groups excluding carboxylic acids is 11. The molecule has 14 unspecified atom stereocenters. The van der Waals surface area contributed by atoms with Crippen LogP contribution >= 0.6 is 0 Å². The van der Waals surface area contributed by atoms with Gasteiger partial charge < -0.3 is 180 Å². The number of esters is 4. The molecule has 28 atom stereocenters. The van der Waals surface area contributed by atoms with Gasteiger partial charge in [-0.1, -0.05) is 37.2 Å². The Morgan fingerprint density at radius 2 is 0.630 bits per heavy atom. The number of hydrogen-bond acceptors (Lipinski definition) is 41. The summed E-state index contributed by atoms with van der Waals surface area (Å²) in [7, 11) is 4.43. The van der Waals surface area contributed by atoms with Crippen LogP contribution in [-0.4, -0.2) is 411 Å². The maximum Gasteiger partial charge on any atom is 0.309 e. The third-order valence-electron chi connectivity index (χ3n) is 24.7. The first-order valence-electron chi connectivity index (χ1n) is 47.0. The Labute approximate surface area is 797 Å². The first-order chi connectivity index (χ1) is 66.2. The molecule has 1 aromatic carbocycles. The van der Waals surface area contributed by atoms with Gasteiger partial charge >= 0.3 is 23.9 Å². The number of nitrogens with one attached hydrogen (secondary N) is 7. The first kappa shape index (κ1) is 117. The summed E-state index contributed by atoms with van der Waals surface area (Å²) in [6, 6.07) is 4.38. The number of benzene rings is 1. The summed E-state index contributed by atoms with van der Waals surface area (Å²) in [5.74, 6) is -9.83. The summed E-state index contributed by atoms with van der Waals surface area (Å²) in [6.45, 7) is -1.47. The monoisotopic (exact) mass is 1980 g/mol. The molecule has 50 heteroatoms. The molecule has 2 saturated carbocycles. The maximum absolute atomic E-state index is 13.6. The average molecular weight is 1980 g/mol. The van der Waals surface area contributed by atoms with E-state index >= 15 is 0 Å². The van der Waals surface area contributed by atoms with E-state index in [1.54, 1.807) is 0 Å². The predicted molar refractivity (Wildman–Crippen MR) is 471 cm³/mol. The molecule has 0 bridgehead atoms. The maximum atomic E-state index is 13.6. The van der Waals surface area contributed by atoms with Gasteiger partial charge in [-0.15, -0.1) is 0 Å². The van der Waals surface area contributed by atoms with E-state index in [1.165, 1.54) is 18.2 Å². The number of azide groups is 1. The molecule has 50 nitrogen and oxygen atoms in total. The van der Waals surface area contributed by atoms with E-state index in [2.05, 4.69) is 47.2 Å². The topological polar surface area (TPSA) is 742 Å². The van der Waals surface area contributed by atoms with Crippen molar-refractivity contribution >= 4 is 65.2 Å². The zero-order valence-electron chi connectivity index (χ0n) is 78.2. The predicted octanol–water partition coefficient (Wildman–Crippen LogP) is -5.25. The van der Waals surface area contributed by atoms with Crippen LogP contribution in [0.15, 0.2) is 23.3 Å². The van der Waals surface area contributed by atoms with Gasteiger partial charge in [-0.05, 0) is 114 Å². The highest BCUT2D eigenvalue weighted by Gasteiger charge is 2.55. The van der Waals surface area contributed by atoms with E-state index in [1.807, 2.05) is 0 Å². The second-order valence-electron chi connectivity index (χ2n) is 34.6. The van der Waals surface area contributed by atoms with Gasteiger partial charge in [0.1, 0.15) is 110 Å². The van der Waals surface area contributed by atoms with Crippen LogP contribution in [0.2, 0.25) is 0 Å². The van der Waals surface area contributed by atoms with Gasteiger partial charge in [-0.2, -0.15) is 0 Å². The summed E-state index contributed by atoms with van der Waals surface area (Å²) < 4.78 is 83.9. The molecule has 784 valence electrons. The number of hydrogen-bond donors (Lipinski definition) is 21. The lowest BCUT2D eigenvalue weighted by Gasteiger charge is -2.45. The largest absolute Gasteiger partial charge is 0.492 e. The molecule has 7 rings (SSSR count). The Balaban J connectivity index is 0.739. The van der Waals surface area contributed by atoms with E-state index in [9.17, 15) is 124 Å². The molecule has 138 heavy (non-hydrogen) atoms. The molecule has 21 N–H and O–H groups in total. The fourth-order valence-electron chi connectivity index (χ4n) is 16.7. The Morgan fingerprint density at radius 1 is 0.341 bits per heavy atom. The van der Waals surface area contributed by atoms with Crippen molar-refractivity contribution < 1.29 is 195 Å². The van der Waals surface area contributed by atoms with Crippen molar-refractivity contribution in [3.05, 3.63) is 39.8 Å². The molecule has 0 spiro atoms. The lowest BCUT2D eigenvalue weighted by molar-refractivity contribution is -0.326. The summed E-state index contributed by atoms with van der Waals surface area (Å²) in [5.41, 5.74) is 8.75. The van der Waals surface area contributed by atoms with Gasteiger partial charge in [-0.25, -0.2) is 0 Å². The Bertz CT molecular complexity index is 3740. The molecule has 7 amide bonds. The van der Waals surface area contributed by atoms with Crippen molar-refractivity contribution in [2.75, 3.05) is 127 Å². The standard InChI is InChI=1S/C88H142N10O40/c1-124-81(120)50-39-54(56(41-52(50)83(122)126-3)133-87-77(116)71(110)67(106)58(43-99)135-87)131-45-60-69(108)73(112)75(114)85(137-60)129-34-31-93-65(104)22-10-5-15-25-90-62(101)20-12-7-17-27-95-79(118)47-36-48(38-49(37-47)128-33-30-92-64(103)24-14-9-19-29-97-98-89)80(119)96-28-18-8-13-21-63(102)91-26-16-6-11-23-66(105)94-32-35-130-86-76(115)74(113)70(109)61(138-86)46-132-55-40-51(82(121)125-2)53(84(123)127-4)42-57(55)134-88-78(117)72(111)68(107)59(44-100)136-88/h36-38,50-61,67-78,85-88,99-100,106-117H,5-35,39-46H2,1-4H3,(H,90,101)(H,91,102)(H,92,103)(H,93,104)(H,94,105)(H,95,118)(H,96,119)/t50?,51?,52-,53-,54-,55-,56?,57?,58?,59?,60?,61?,67+,68+,69+,70+,71?,72?,73-,74-,75?,76?,77?,78?,85-,86-,87+,88+/m0/s1. The van der Waals surface area contributed by atoms with E-state index in [-0.39, 0.29) is 157 Å². The molecular weight excluding hydrogens is 1840 g/mol. The van der Waals surface area contributed by atoms with Crippen LogP contribution in [-0.2, 0) is 109 Å². The van der Waals surface area contributed by atoms with Crippen LogP contribution in [0.25, 0.3) is 10.4 Å². The van der Waals surface area contributed by atoms with Crippen LogP contribution in [0, 0.1) is 23.7 Å². The van der Waals surface area contributed by atoms with Crippen molar-refractivity contribution in [1.29, 1.82) is 0 Å². The van der Waals surface area contributed by atoms with Gasteiger partial charge in [0.25, 0.3) is 11.8 Å². The van der Waals surface area contributed by atoms with Crippen molar-refractivity contribution in [2.45, 2.75) is 301 Å². The highest BCUT2D eigenvalue weighted by atomic mass is 16.7. The Kier molecular flexibility index (Phi) is 52.4. The second kappa shape index (κ2) is 62.1. The summed E-state index contributed by atoms with van der Waals surface area (Å²) in [5, 5.41) is 171. The van der Waals surface area contributed by atoms with E-state index in [0.717, 1.165) is 28.4 Å². The normalized spacial score (nSPS) is 30.2. The van der Waals surface area contributed by atoms with E-state index in [0.29, 0.717) is 116 Å². The SMILES string of the molecule is COC(=O)C1C[C@H](OCC2O[C@H](OCCNC(=O)CCCCCNC(=O)CCCCCNC(=O)c3cc(OCCNC(=O)CCCCCN=[N+]=[N-])cc(C(=O)NCCCCCC(=O)NCCCCCC(=O)NCCO[C@H]4OC(CO[C@H]5CC(C(=O)OC)[C@@H](C(=O)OC)CC5O[C@@H]5OC(CO)[C@@H](O)C(O)C5O)[C@@H](O)[C@H](O)C4O)c3)C(O)[C@@H](O)[C@@H]2O)C(O[C@@H]2OC(CO)[C@@H](O)C(O)C2O)C[C@@H]1C(=O)OC. The minimum Gasteiger partial charge on any atom is -0.492 e. The molecule has 6 fully saturated rings. The number of rotatable bonds is 60. The van der Waals surface area contributed by atoms with E-state index in [4.69, 9.17) is 76.6 Å². The van der Waals surface area contributed by atoms with Gasteiger partial charge in [0.2, 0.25) is 29.5 Å². The molecule has 4 aliphatic heterocycles. The second-order valence-corrected chi connectivity index (χ2v) is 34.6. The highest BCUT2D eigenvalue weighted by Crippen LogP contribution is 2.41. The number of aliphatic hydroxyl groups is 14. The Morgan fingerprint density at radius 3 is 0.957 bits per heavy atom. The molecule has 2 aliphatic carbocycles. The Hall–Kier alpha value is -8.46. The van der Waals surface area contributed by atoms with Crippen molar-refractivity contribution in [1.82, 2.24) is 37.2 Å². The molecule has 0 aromatic heterocycles. The number of ether oxygens (including phenoxy) is 15. The van der Waals surface area contributed by atoms with Crippen LogP contribution in [0.5, 0.6) is 5.75 Å². The number of amides is 7. The highest BCUT2D eigenvalue weighted by molar-refractivity contribution is 6.00. The number of unbranched alkanes of at least 4 members (excludes halogenated alkanes) is 10. The molecular formula is C88H142N10O40.